The van der Waals surface area contributed by atoms with Gasteiger partial charge >= 0.3 is 5.97 Å². The van der Waals surface area contributed by atoms with Crippen molar-refractivity contribution in [3.05, 3.63) is 0 Å². The molecule has 1 atom stereocenters. The van der Waals surface area contributed by atoms with Crippen molar-refractivity contribution in [3.63, 3.8) is 0 Å². The highest BCUT2D eigenvalue weighted by Gasteiger charge is 2.50. The number of unbranched alkanes of at least 4 members (excludes halogenated alkanes) is 8. The van der Waals surface area contributed by atoms with Crippen molar-refractivity contribution in [1.82, 2.24) is 0 Å². The Hall–Kier alpha value is -0.710. The Bertz CT molecular complexity index is 422. The number of ketones is 2. The van der Waals surface area contributed by atoms with Gasteiger partial charge in [-0.2, -0.15) is 0 Å². The van der Waals surface area contributed by atoms with E-state index in [9.17, 15) is 14.4 Å². The Morgan fingerprint density at radius 2 is 1.38 bits per heavy atom. The van der Waals surface area contributed by atoms with Gasteiger partial charge in [0.25, 0.3) is 0 Å². The van der Waals surface area contributed by atoms with Gasteiger partial charge in [-0.1, -0.05) is 74.2 Å². The monoisotopic (exact) mass is 432 g/mol. The summed E-state index contributed by atoms with van der Waals surface area (Å²) in [5.41, 5.74) is -1.58. The summed E-state index contributed by atoms with van der Waals surface area (Å²) in [6.45, 7) is 5.21. The summed E-state index contributed by atoms with van der Waals surface area (Å²) in [5.74, 6) is -1.28. The molecule has 0 aliphatic carbocycles. The predicted octanol–water partition coefficient (Wildman–Crippen LogP) is 5.79. The number of hydrogen-bond donors (Lipinski definition) is 0. The molecular formula is C21H37BrO4. The van der Waals surface area contributed by atoms with Crippen LogP contribution < -0.4 is 0 Å². The molecule has 5 heteroatoms. The first-order chi connectivity index (χ1) is 12.5. The van der Waals surface area contributed by atoms with E-state index in [1.807, 2.05) is 6.92 Å². The highest BCUT2D eigenvalue weighted by Crippen LogP contribution is 2.32. The summed E-state index contributed by atoms with van der Waals surface area (Å²) in [4.78, 5) is 37.5. The summed E-state index contributed by atoms with van der Waals surface area (Å²) in [6, 6.07) is 0. The second kappa shape index (κ2) is 15.4. The van der Waals surface area contributed by atoms with Gasteiger partial charge in [-0.25, -0.2) is 0 Å². The largest absolute Gasteiger partial charge is 0.465 e. The smallest absolute Gasteiger partial charge is 0.327 e. The molecule has 0 aliphatic rings. The topological polar surface area (TPSA) is 60.4 Å². The Labute approximate surface area is 168 Å². The summed E-state index contributed by atoms with van der Waals surface area (Å²) in [6.07, 6.45) is 11.0. The van der Waals surface area contributed by atoms with Crippen LogP contribution in [0, 0.1) is 5.41 Å². The molecule has 4 nitrogen and oxygen atoms in total. The molecule has 0 bridgehead atoms. The lowest BCUT2D eigenvalue weighted by atomic mass is 9.74. The van der Waals surface area contributed by atoms with E-state index >= 15 is 0 Å². The normalized spacial score (nSPS) is 13.2. The van der Waals surface area contributed by atoms with Gasteiger partial charge in [0, 0.05) is 11.8 Å². The highest BCUT2D eigenvalue weighted by atomic mass is 79.9. The first-order valence-corrected chi connectivity index (χ1v) is 11.4. The third-order valence-corrected chi connectivity index (χ3v) is 5.45. The molecule has 0 aromatic rings. The fourth-order valence-electron chi connectivity index (χ4n) is 3.22. The molecule has 0 amide bonds. The van der Waals surface area contributed by atoms with Crippen molar-refractivity contribution in [2.24, 2.45) is 5.41 Å². The van der Waals surface area contributed by atoms with E-state index in [0.29, 0.717) is 6.42 Å². The van der Waals surface area contributed by atoms with Crippen LogP contribution in [0.5, 0.6) is 0 Å². The number of esters is 1. The quantitative estimate of drug-likeness (QED) is 0.126. The van der Waals surface area contributed by atoms with E-state index in [4.69, 9.17) is 4.74 Å². The molecule has 1 unspecified atom stereocenters. The number of carbonyl (C=O) groups excluding carboxylic acids is 3. The molecule has 152 valence electrons. The summed E-state index contributed by atoms with van der Waals surface area (Å²) >= 11 is 3.44. The van der Waals surface area contributed by atoms with Gasteiger partial charge < -0.3 is 4.74 Å². The van der Waals surface area contributed by atoms with Crippen LogP contribution in [0.4, 0.5) is 0 Å². The fourth-order valence-corrected chi connectivity index (χ4v) is 3.62. The molecule has 0 heterocycles. The van der Waals surface area contributed by atoms with Gasteiger partial charge in [-0.3, -0.25) is 14.4 Å². The number of hydrogen-bond acceptors (Lipinski definition) is 4. The third-order valence-electron chi connectivity index (χ3n) is 4.89. The van der Waals surface area contributed by atoms with Gasteiger partial charge in [-0.15, -0.1) is 0 Å². The highest BCUT2D eigenvalue weighted by molar-refractivity contribution is 9.09. The molecule has 0 aromatic heterocycles. The summed E-state index contributed by atoms with van der Waals surface area (Å²) in [7, 11) is 0. The zero-order valence-electron chi connectivity index (χ0n) is 16.9. The number of rotatable bonds is 17. The average Bonchev–Trinajstić information content (AvgIpc) is 2.61. The van der Waals surface area contributed by atoms with E-state index < -0.39 is 11.4 Å². The van der Waals surface area contributed by atoms with Gasteiger partial charge in [-0.05, 0) is 33.1 Å². The van der Waals surface area contributed by atoms with Crippen molar-refractivity contribution in [2.45, 2.75) is 97.8 Å². The molecule has 0 rings (SSSR count). The summed E-state index contributed by atoms with van der Waals surface area (Å²) in [5, 5.41) is 1.07. The lowest BCUT2D eigenvalue weighted by molar-refractivity contribution is -0.164. The molecule has 0 spiro atoms. The molecule has 26 heavy (non-hydrogen) atoms. The van der Waals surface area contributed by atoms with Gasteiger partial charge in [0.15, 0.2) is 17.0 Å². The minimum absolute atomic E-state index is 0.183. The van der Waals surface area contributed by atoms with Crippen molar-refractivity contribution in [1.29, 1.82) is 0 Å². The van der Waals surface area contributed by atoms with Crippen LogP contribution in [-0.4, -0.2) is 29.5 Å². The Morgan fingerprint density at radius 3 is 1.85 bits per heavy atom. The molecule has 0 aliphatic heterocycles. The maximum absolute atomic E-state index is 12.8. The number of alkyl halides is 1. The standard InChI is InChI=1S/C21H37BrO4/c1-4-6-16-21(18(3)23,20(25)26-5-2)19(24)15-13-11-9-7-8-10-12-14-17-22/h4-17H2,1-3H3. The first-order valence-electron chi connectivity index (χ1n) is 10.2. The molecule has 0 N–H and O–H groups in total. The zero-order valence-corrected chi connectivity index (χ0v) is 18.5. The van der Waals surface area contributed by atoms with E-state index in [0.717, 1.165) is 31.0 Å². The van der Waals surface area contributed by atoms with E-state index in [-0.39, 0.29) is 31.0 Å². The fraction of sp³-hybridized carbons (Fsp3) is 0.857. The Morgan fingerprint density at radius 1 is 0.846 bits per heavy atom. The van der Waals surface area contributed by atoms with Gasteiger partial charge in [0.05, 0.1) is 6.61 Å². The lowest BCUT2D eigenvalue weighted by Gasteiger charge is -2.27. The maximum atomic E-state index is 12.8. The van der Waals surface area contributed by atoms with Crippen molar-refractivity contribution >= 4 is 33.5 Å². The number of ether oxygens (including phenoxy) is 1. The van der Waals surface area contributed by atoms with Gasteiger partial charge in [0.1, 0.15) is 0 Å². The minimum Gasteiger partial charge on any atom is -0.465 e. The average molecular weight is 433 g/mol. The minimum atomic E-state index is -1.58. The van der Waals surface area contributed by atoms with Crippen LogP contribution in [0.1, 0.15) is 97.8 Å². The SMILES string of the molecule is CCCCC(C(C)=O)(C(=O)CCCCCCCCCCBr)C(=O)OCC. The molecule has 0 aromatic carbocycles. The van der Waals surface area contributed by atoms with Crippen LogP contribution >= 0.6 is 15.9 Å². The third kappa shape index (κ3) is 8.79. The van der Waals surface area contributed by atoms with E-state index in [1.165, 1.54) is 39.0 Å². The van der Waals surface area contributed by atoms with E-state index in [2.05, 4.69) is 15.9 Å². The lowest BCUT2D eigenvalue weighted by Crippen LogP contribution is -2.46. The van der Waals surface area contributed by atoms with Crippen LogP contribution in [0.2, 0.25) is 0 Å². The second-order valence-electron chi connectivity index (χ2n) is 6.98. The molecule has 0 radical (unpaired) electrons. The molecule has 0 saturated carbocycles. The van der Waals surface area contributed by atoms with Crippen molar-refractivity contribution < 1.29 is 19.1 Å². The van der Waals surface area contributed by atoms with Crippen molar-refractivity contribution in [2.75, 3.05) is 11.9 Å². The number of carbonyl (C=O) groups is 3. The zero-order chi connectivity index (χ0) is 19.8. The summed E-state index contributed by atoms with van der Waals surface area (Å²) < 4.78 is 5.09. The molecule has 0 saturated heterocycles. The van der Waals surface area contributed by atoms with Crippen LogP contribution in [-0.2, 0) is 19.1 Å². The Balaban J connectivity index is 4.50. The Kier molecular flexibility index (Phi) is 14.9. The maximum Gasteiger partial charge on any atom is 0.327 e. The van der Waals surface area contributed by atoms with Crippen LogP contribution in [0.3, 0.4) is 0 Å². The van der Waals surface area contributed by atoms with Crippen molar-refractivity contribution in [3.8, 4) is 0 Å². The number of Topliss-reactive ketones (excluding diaryl/α,β-unsaturated/α-hetero) is 2. The first kappa shape index (κ1) is 25.3. The van der Waals surface area contributed by atoms with Crippen LogP contribution in [0.15, 0.2) is 0 Å². The van der Waals surface area contributed by atoms with E-state index in [1.54, 1.807) is 6.92 Å². The predicted molar refractivity (Wildman–Crippen MR) is 110 cm³/mol. The number of halogens is 1. The van der Waals surface area contributed by atoms with Gasteiger partial charge in [0.2, 0.25) is 0 Å². The van der Waals surface area contributed by atoms with Crippen LogP contribution in [0.25, 0.3) is 0 Å². The molecular weight excluding hydrogens is 396 g/mol. The molecule has 0 fully saturated rings. The second-order valence-corrected chi connectivity index (χ2v) is 7.77.